The van der Waals surface area contributed by atoms with E-state index in [1.54, 1.807) is 6.07 Å². The van der Waals surface area contributed by atoms with Crippen molar-refractivity contribution in [1.82, 2.24) is 9.55 Å². The van der Waals surface area contributed by atoms with Crippen LogP contribution in [0.3, 0.4) is 0 Å². The van der Waals surface area contributed by atoms with Crippen LogP contribution in [0.25, 0.3) is 5.69 Å². The monoisotopic (exact) mass is 341 g/mol. The highest BCUT2D eigenvalue weighted by molar-refractivity contribution is 5.93. The van der Waals surface area contributed by atoms with Crippen LogP contribution in [0.4, 0.5) is 5.69 Å². The zero-order chi connectivity index (χ0) is 17.4. The van der Waals surface area contributed by atoms with Crippen LogP contribution in [0.5, 0.6) is 0 Å². The number of hydrogen-bond acceptors (Lipinski definition) is 5. The molecule has 0 amide bonds. The summed E-state index contributed by atoms with van der Waals surface area (Å²) < 4.78 is 12.5. The van der Waals surface area contributed by atoms with Gasteiger partial charge in [-0.2, -0.15) is 0 Å². The van der Waals surface area contributed by atoms with E-state index in [-0.39, 0.29) is 5.97 Å². The number of imidazole rings is 1. The summed E-state index contributed by atoms with van der Waals surface area (Å²) in [5.74, 6) is 1.48. The van der Waals surface area contributed by atoms with Crippen LogP contribution < -0.4 is 5.73 Å². The van der Waals surface area contributed by atoms with Gasteiger partial charge in [-0.1, -0.05) is 0 Å². The highest BCUT2D eigenvalue weighted by Crippen LogP contribution is 2.44. The standard InChI is InChI=1S/C19H23N3O3/c1-24-19(23)15-10-16(20)17(11-14(15)12-2-3-12)22-7-6-21-18(22)13-4-8-25-9-5-13/h6-7,10-13H,2-5,8-9,20H2,1H3. The number of nitrogens with zero attached hydrogens (tertiary/aromatic N) is 2. The minimum Gasteiger partial charge on any atom is -0.465 e. The van der Waals surface area contributed by atoms with E-state index in [4.69, 9.17) is 15.2 Å². The summed E-state index contributed by atoms with van der Waals surface area (Å²) >= 11 is 0. The van der Waals surface area contributed by atoms with Gasteiger partial charge in [0, 0.05) is 31.5 Å². The molecule has 0 spiro atoms. The molecule has 6 nitrogen and oxygen atoms in total. The van der Waals surface area contributed by atoms with Gasteiger partial charge in [0.1, 0.15) is 5.82 Å². The number of esters is 1. The van der Waals surface area contributed by atoms with Gasteiger partial charge in [0.2, 0.25) is 0 Å². The molecule has 0 radical (unpaired) electrons. The Hall–Kier alpha value is -2.34. The largest absolute Gasteiger partial charge is 0.465 e. The molecule has 1 aliphatic carbocycles. The van der Waals surface area contributed by atoms with Gasteiger partial charge in [0.25, 0.3) is 0 Å². The molecule has 2 fully saturated rings. The van der Waals surface area contributed by atoms with E-state index in [0.717, 1.165) is 56.0 Å². The lowest BCUT2D eigenvalue weighted by molar-refractivity contribution is 0.0599. The molecule has 1 aliphatic heterocycles. The molecule has 0 bridgehead atoms. The Bertz CT molecular complexity index is 789. The number of aromatic nitrogens is 2. The van der Waals surface area contributed by atoms with Crippen molar-refractivity contribution in [3.63, 3.8) is 0 Å². The summed E-state index contributed by atoms with van der Waals surface area (Å²) in [4.78, 5) is 16.7. The van der Waals surface area contributed by atoms with Crippen molar-refractivity contribution in [2.75, 3.05) is 26.1 Å². The molecular formula is C19H23N3O3. The quantitative estimate of drug-likeness (QED) is 0.683. The number of anilines is 1. The van der Waals surface area contributed by atoms with Gasteiger partial charge in [-0.3, -0.25) is 0 Å². The predicted molar refractivity (Wildman–Crippen MR) is 94.1 cm³/mol. The lowest BCUT2D eigenvalue weighted by Crippen LogP contribution is -2.18. The van der Waals surface area contributed by atoms with Crippen molar-refractivity contribution >= 4 is 11.7 Å². The highest BCUT2D eigenvalue weighted by Gasteiger charge is 2.30. The average Bonchev–Trinajstić information content (AvgIpc) is 3.38. The van der Waals surface area contributed by atoms with Gasteiger partial charge in [-0.25, -0.2) is 9.78 Å². The average molecular weight is 341 g/mol. The summed E-state index contributed by atoms with van der Waals surface area (Å²) in [5, 5.41) is 0. The van der Waals surface area contributed by atoms with E-state index in [2.05, 4.69) is 9.55 Å². The third-order valence-corrected chi connectivity index (χ3v) is 5.14. The Morgan fingerprint density at radius 3 is 2.68 bits per heavy atom. The molecule has 4 rings (SSSR count). The molecule has 132 valence electrons. The van der Waals surface area contributed by atoms with Crippen molar-refractivity contribution < 1.29 is 14.3 Å². The van der Waals surface area contributed by atoms with E-state index in [1.165, 1.54) is 7.11 Å². The number of nitrogen functional groups attached to an aromatic ring is 1. The van der Waals surface area contributed by atoms with Gasteiger partial charge >= 0.3 is 5.97 Å². The smallest absolute Gasteiger partial charge is 0.338 e. The molecule has 2 N–H and O–H groups in total. The number of nitrogens with two attached hydrogens (primary N) is 1. The number of benzene rings is 1. The van der Waals surface area contributed by atoms with Crippen molar-refractivity contribution in [1.29, 1.82) is 0 Å². The van der Waals surface area contributed by atoms with Crippen molar-refractivity contribution in [3.8, 4) is 5.69 Å². The summed E-state index contributed by atoms with van der Waals surface area (Å²) in [6.07, 6.45) is 7.90. The minimum absolute atomic E-state index is 0.324. The van der Waals surface area contributed by atoms with Gasteiger partial charge in [0.05, 0.1) is 24.0 Å². The second kappa shape index (κ2) is 6.52. The van der Waals surface area contributed by atoms with Gasteiger partial charge < -0.3 is 19.8 Å². The first-order valence-electron chi connectivity index (χ1n) is 8.82. The number of ether oxygens (including phenoxy) is 2. The predicted octanol–water partition coefficient (Wildman–Crippen LogP) is 3.01. The molecule has 2 aliphatic rings. The first-order valence-corrected chi connectivity index (χ1v) is 8.82. The lowest BCUT2D eigenvalue weighted by Gasteiger charge is -2.23. The maximum Gasteiger partial charge on any atom is 0.338 e. The van der Waals surface area contributed by atoms with Crippen LogP contribution in [-0.4, -0.2) is 35.8 Å². The summed E-state index contributed by atoms with van der Waals surface area (Å²) in [5.41, 5.74) is 9.39. The Balaban J connectivity index is 1.77. The van der Waals surface area contributed by atoms with E-state index < -0.39 is 0 Å². The maximum atomic E-state index is 12.1. The van der Waals surface area contributed by atoms with E-state index in [1.807, 2.05) is 18.5 Å². The molecule has 1 saturated heterocycles. The molecule has 1 aromatic carbocycles. The molecule has 2 aromatic rings. The fourth-order valence-corrected chi connectivity index (χ4v) is 3.63. The maximum absolute atomic E-state index is 12.1. The molecule has 2 heterocycles. The van der Waals surface area contributed by atoms with Crippen LogP contribution in [0.15, 0.2) is 24.5 Å². The Kier molecular flexibility index (Phi) is 4.21. The molecule has 1 aromatic heterocycles. The van der Waals surface area contributed by atoms with Crippen molar-refractivity contribution in [2.45, 2.75) is 37.5 Å². The lowest BCUT2D eigenvalue weighted by atomic mass is 9.98. The molecule has 6 heteroatoms. The SMILES string of the molecule is COC(=O)c1cc(N)c(-n2ccnc2C2CCOCC2)cc1C1CC1. The first-order chi connectivity index (χ1) is 12.2. The van der Waals surface area contributed by atoms with Crippen LogP contribution in [0.2, 0.25) is 0 Å². The Labute approximate surface area is 146 Å². The number of carbonyl (C=O) groups excluding carboxylic acids is 1. The highest BCUT2D eigenvalue weighted by atomic mass is 16.5. The molecule has 1 saturated carbocycles. The fourth-order valence-electron chi connectivity index (χ4n) is 3.63. The van der Waals surface area contributed by atoms with Crippen LogP contribution in [-0.2, 0) is 9.47 Å². The number of hydrogen-bond donors (Lipinski definition) is 1. The van der Waals surface area contributed by atoms with E-state index in [0.29, 0.717) is 23.1 Å². The second-order valence-electron chi connectivity index (χ2n) is 6.81. The second-order valence-corrected chi connectivity index (χ2v) is 6.81. The number of methoxy groups -OCH3 is 1. The zero-order valence-corrected chi connectivity index (χ0v) is 14.4. The van der Waals surface area contributed by atoms with Crippen molar-refractivity contribution in [3.05, 3.63) is 41.5 Å². The third kappa shape index (κ3) is 3.02. The van der Waals surface area contributed by atoms with E-state index >= 15 is 0 Å². The summed E-state index contributed by atoms with van der Waals surface area (Å²) in [7, 11) is 1.40. The topological polar surface area (TPSA) is 79.4 Å². The summed E-state index contributed by atoms with van der Waals surface area (Å²) in [6.45, 7) is 1.53. The first kappa shape index (κ1) is 16.1. The Morgan fingerprint density at radius 1 is 1.24 bits per heavy atom. The van der Waals surface area contributed by atoms with Crippen LogP contribution in [0.1, 0.15) is 59.3 Å². The number of rotatable bonds is 4. The van der Waals surface area contributed by atoms with Gasteiger partial charge in [-0.05, 0) is 49.3 Å². The fraction of sp³-hybridized carbons (Fsp3) is 0.474. The summed E-state index contributed by atoms with van der Waals surface area (Å²) in [6, 6.07) is 3.80. The van der Waals surface area contributed by atoms with E-state index in [9.17, 15) is 4.79 Å². The Morgan fingerprint density at radius 2 is 2.00 bits per heavy atom. The minimum atomic E-state index is -0.324. The molecule has 0 atom stereocenters. The zero-order valence-electron chi connectivity index (χ0n) is 14.4. The normalized spacial score (nSPS) is 18.3. The van der Waals surface area contributed by atoms with Gasteiger partial charge in [-0.15, -0.1) is 0 Å². The van der Waals surface area contributed by atoms with Crippen molar-refractivity contribution in [2.24, 2.45) is 0 Å². The van der Waals surface area contributed by atoms with Crippen LogP contribution >= 0.6 is 0 Å². The molecule has 25 heavy (non-hydrogen) atoms. The molecule has 0 unspecified atom stereocenters. The van der Waals surface area contributed by atoms with Gasteiger partial charge in [0.15, 0.2) is 0 Å². The molecular weight excluding hydrogens is 318 g/mol. The third-order valence-electron chi connectivity index (χ3n) is 5.14. The van der Waals surface area contributed by atoms with Crippen LogP contribution in [0, 0.1) is 0 Å². The number of carbonyl (C=O) groups is 1.